The second-order valence-corrected chi connectivity index (χ2v) is 1.30. The summed E-state index contributed by atoms with van der Waals surface area (Å²) in [6, 6.07) is 0. The van der Waals surface area contributed by atoms with Crippen molar-refractivity contribution in [1.29, 1.82) is 0 Å². The van der Waals surface area contributed by atoms with Gasteiger partial charge in [0, 0.05) is 11.0 Å². The van der Waals surface area contributed by atoms with Gasteiger partial charge < -0.3 is 0 Å². The van der Waals surface area contributed by atoms with Crippen LogP contribution >= 0.6 is 7.99 Å². The summed E-state index contributed by atoms with van der Waals surface area (Å²) in [5.74, 6) is 0. The van der Waals surface area contributed by atoms with E-state index in [2.05, 4.69) is 0 Å². The Bertz CT molecular complexity index is 57.7. The van der Waals surface area contributed by atoms with Crippen LogP contribution in [0.5, 0.6) is 0 Å². The molecule has 0 aromatic carbocycles. The quantitative estimate of drug-likeness (QED) is 0.386. The maximum absolute atomic E-state index is 10.1. The van der Waals surface area contributed by atoms with E-state index in [1.165, 1.54) is 0 Å². The zero-order valence-corrected chi connectivity index (χ0v) is 4.45. The lowest BCUT2D eigenvalue weighted by molar-refractivity contribution is 0.376. The molecule has 0 fully saturated rings. The van der Waals surface area contributed by atoms with Crippen LogP contribution in [0, 0.1) is 0 Å². The van der Waals surface area contributed by atoms with Crippen molar-refractivity contribution in [3.05, 3.63) is 0 Å². The second-order valence-electron chi connectivity index (χ2n) is 0.435. The van der Waals surface area contributed by atoms with Crippen LogP contribution in [0.25, 0.3) is 0 Å². The summed E-state index contributed by atoms with van der Waals surface area (Å²) in [6.07, 6.45) is 0. The van der Waals surface area contributed by atoms with Crippen molar-refractivity contribution >= 4 is 19.0 Å². The monoisotopic (exact) mass is 130 g/mol. The van der Waals surface area contributed by atoms with Gasteiger partial charge in [0.25, 0.3) is 0 Å². The summed E-state index contributed by atoms with van der Waals surface area (Å²) in [5, 5.41) is 0. The van der Waals surface area contributed by atoms with Crippen LogP contribution in [-0.4, -0.2) is 15.9 Å². The Kier molecular flexibility index (Phi) is 3.89. The van der Waals surface area contributed by atoms with E-state index >= 15 is 0 Å². The van der Waals surface area contributed by atoms with Crippen molar-refractivity contribution in [2.24, 2.45) is 0 Å². The molecule has 0 aromatic heterocycles. The maximum Gasteiger partial charge on any atom is 0.549 e. The van der Waals surface area contributed by atoms with Gasteiger partial charge in [-0.1, -0.05) is 0 Å². The van der Waals surface area contributed by atoms with Crippen LogP contribution in [-0.2, 0) is 4.57 Å². The normalized spacial score (nSPS) is 9.83. The van der Waals surface area contributed by atoms with Gasteiger partial charge in [0.05, 0.1) is 0 Å². The van der Waals surface area contributed by atoms with Crippen LogP contribution < -0.4 is 0 Å². The van der Waals surface area contributed by atoms with Gasteiger partial charge in [-0.3, -0.25) is 4.89 Å². The van der Waals surface area contributed by atoms with Crippen molar-refractivity contribution in [3.63, 3.8) is 0 Å². The minimum Gasteiger partial charge on any atom is -0.296 e. The summed E-state index contributed by atoms with van der Waals surface area (Å²) in [7, 11) is -5.64. The first-order valence-electron chi connectivity index (χ1n) is 0.721. The van der Waals surface area contributed by atoms with Crippen LogP contribution in [0.3, 0.4) is 0 Å². The molecule has 36 valence electrons. The van der Waals surface area contributed by atoms with Gasteiger partial charge in [-0.15, -0.1) is 8.39 Å². The zero-order chi connectivity index (χ0) is 4.50. The molecule has 6 heteroatoms. The lowest BCUT2D eigenvalue weighted by Gasteiger charge is -1.73. The molecule has 0 rings (SSSR count). The second kappa shape index (κ2) is 2.44. The van der Waals surface area contributed by atoms with E-state index in [0.29, 0.717) is 0 Å². The Hall–Kier alpha value is 0.267. The van der Waals surface area contributed by atoms with Gasteiger partial charge in [0.1, 0.15) is 0 Å². The van der Waals surface area contributed by atoms with Gasteiger partial charge >= 0.3 is 7.99 Å². The molecule has 0 aliphatic carbocycles. The zero-order valence-electron chi connectivity index (χ0n) is 2.56. The van der Waals surface area contributed by atoms with Crippen molar-refractivity contribution in [2.75, 3.05) is 0 Å². The summed E-state index contributed by atoms with van der Waals surface area (Å²) in [6.45, 7) is 0. The first kappa shape index (κ1) is 9.55. The molecule has 0 bridgehead atoms. The largest absolute Gasteiger partial charge is 0.549 e. The maximum atomic E-state index is 10.1. The van der Waals surface area contributed by atoms with Gasteiger partial charge in [0.15, 0.2) is 0 Å². The topological polar surface area (TPSA) is 37.3 Å². The standard InChI is InChI=1S/F2HO2P.Si/c1-5(2,3)4;/h(H,3,4);. The van der Waals surface area contributed by atoms with Crippen molar-refractivity contribution in [3.8, 4) is 0 Å². The molecule has 0 saturated carbocycles. The minimum absolute atomic E-state index is 0. The van der Waals surface area contributed by atoms with Crippen LogP contribution in [0.15, 0.2) is 0 Å². The van der Waals surface area contributed by atoms with Crippen molar-refractivity contribution in [1.82, 2.24) is 0 Å². The van der Waals surface area contributed by atoms with Crippen molar-refractivity contribution < 1.29 is 17.9 Å². The third-order valence-electron chi connectivity index (χ3n) is 0. The van der Waals surface area contributed by atoms with Crippen LogP contribution in [0.2, 0.25) is 0 Å². The molecule has 4 radical (unpaired) electrons. The molecule has 0 aromatic rings. The van der Waals surface area contributed by atoms with Gasteiger partial charge in [-0.25, -0.2) is 4.57 Å². The highest BCUT2D eigenvalue weighted by Crippen LogP contribution is 2.43. The molecular weight excluding hydrogens is 129 g/mol. The Morgan fingerprint density at radius 1 is 1.50 bits per heavy atom. The molecule has 0 heterocycles. The van der Waals surface area contributed by atoms with Gasteiger partial charge in [-0.05, 0) is 0 Å². The fourth-order valence-corrected chi connectivity index (χ4v) is 0. The predicted octanol–water partition coefficient (Wildman–Crippen LogP) is 0.645. The first-order valence-corrected chi connectivity index (χ1v) is 2.16. The Balaban J connectivity index is 0. The molecule has 1 N–H and O–H groups in total. The number of halogens is 2. The summed E-state index contributed by atoms with van der Waals surface area (Å²) >= 11 is 0. The first-order chi connectivity index (χ1) is 2.00. The van der Waals surface area contributed by atoms with Crippen molar-refractivity contribution in [2.45, 2.75) is 0 Å². The molecule has 0 aliphatic rings. The summed E-state index contributed by atoms with van der Waals surface area (Å²) < 4.78 is 28.7. The minimum atomic E-state index is -5.64. The van der Waals surface area contributed by atoms with E-state index < -0.39 is 7.99 Å². The highest BCUT2D eigenvalue weighted by molar-refractivity contribution is 7.46. The highest BCUT2D eigenvalue weighted by Gasteiger charge is 2.09. The van der Waals surface area contributed by atoms with Gasteiger partial charge in [-0.2, -0.15) is 0 Å². The van der Waals surface area contributed by atoms with E-state index in [1.807, 2.05) is 0 Å². The lowest BCUT2D eigenvalue weighted by Crippen LogP contribution is -1.45. The molecule has 0 aliphatic heterocycles. The lowest BCUT2D eigenvalue weighted by atomic mass is 15.9. The van der Waals surface area contributed by atoms with E-state index in [9.17, 15) is 8.39 Å². The molecule has 0 amide bonds. The smallest absolute Gasteiger partial charge is 0.296 e. The van der Waals surface area contributed by atoms with Crippen LogP contribution in [0.1, 0.15) is 0 Å². The summed E-state index contributed by atoms with van der Waals surface area (Å²) in [5.41, 5.74) is 0. The Labute approximate surface area is 37.9 Å². The third-order valence-corrected chi connectivity index (χ3v) is 0. The number of hydrogen-bond donors (Lipinski definition) is 1. The van der Waals surface area contributed by atoms with Gasteiger partial charge in [0.2, 0.25) is 0 Å². The van der Waals surface area contributed by atoms with E-state index in [4.69, 9.17) is 9.46 Å². The predicted molar refractivity (Wildman–Crippen MR) is 17.8 cm³/mol. The molecular formula is HF2O2PSi. The summed E-state index contributed by atoms with van der Waals surface area (Å²) in [4.78, 5) is 6.74. The molecule has 0 atom stereocenters. The van der Waals surface area contributed by atoms with E-state index in [1.54, 1.807) is 0 Å². The SMILES string of the molecule is O=P(O)(F)F.[Si]. The molecule has 0 spiro atoms. The molecule has 0 unspecified atom stereocenters. The highest BCUT2D eigenvalue weighted by atomic mass is 31.2. The fourth-order valence-electron chi connectivity index (χ4n) is 0. The molecule has 0 saturated heterocycles. The van der Waals surface area contributed by atoms with E-state index in [0.717, 1.165) is 0 Å². The van der Waals surface area contributed by atoms with Crippen LogP contribution in [0.4, 0.5) is 8.39 Å². The third kappa shape index (κ3) is 639. The average Bonchev–Trinajstić information content (AvgIpc) is 0.722. The Morgan fingerprint density at radius 2 is 1.50 bits per heavy atom. The van der Waals surface area contributed by atoms with E-state index in [-0.39, 0.29) is 11.0 Å². The number of rotatable bonds is 0. The number of hydrogen-bond acceptors (Lipinski definition) is 1. The fraction of sp³-hybridized carbons (Fsp3) is 0. The molecule has 6 heavy (non-hydrogen) atoms. The average molecular weight is 130 g/mol. The Morgan fingerprint density at radius 3 is 1.50 bits per heavy atom. The molecule has 2 nitrogen and oxygen atoms in total.